The van der Waals surface area contributed by atoms with Crippen LogP contribution in [0.15, 0.2) is 48.5 Å². The lowest BCUT2D eigenvalue weighted by atomic mass is 10.0. The van der Waals surface area contributed by atoms with Crippen LogP contribution in [0.25, 0.3) is 0 Å². The molecule has 0 fully saturated rings. The van der Waals surface area contributed by atoms with Crippen LogP contribution in [0.1, 0.15) is 41.4 Å². The van der Waals surface area contributed by atoms with E-state index in [1.165, 1.54) is 0 Å². The monoisotopic (exact) mass is 411 g/mol. The number of hydrogen-bond donors (Lipinski definition) is 2. The van der Waals surface area contributed by atoms with Crippen LogP contribution in [0.2, 0.25) is 0 Å². The largest absolute Gasteiger partial charge is 0.497 e. The first kappa shape index (κ1) is 23.4. The number of carbonyl (C=O) groups is 2. The number of benzene rings is 2. The first-order valence-corrected chi connectivity index (χ1v) is 10.2. The Labute approximate surface area is 179 Å². The van der Waals surface area contributed by atoms with Crippen LogP contribution in [-0.2, 0) is 4.79 Å². The number of likely N-dealkylation sites (N-methyl/N-ethyl adjacent to an activating group) is 1. The summed E-state index contributed by atoms with van der Waals surface area (Å²) >= 11 is 0. The molecule has 6 heteroatoms. The van der Waals surface area contributed by atoms with Gasteiger partial charge in [-0.25, -0.2) is 0 Å². The van der Waals surface area contributed by atoms with Gasteiger partial charge in [0, 0.05) is 12.1 Å². The molecule has 2 amide bonds. The van der Waals surface area contributed by atoms with Gasteiger partial charge in [-0.2, -0.15) is 0 Å². The summed E-state index contributed by atoms with van der Waals surface area (Å²) in [6, 6.07) is 14.6. The van der Waals surface area contributed by atoms with Crippen molar-refractivity contribution in [2.24, 2.45) is 5.92 Å². The molecule has 2 unspecified atom stereocenters. The zero-order valence-corrected chi connectivity index (χ0v) is 18.7. The third-order valence-corrected chi connectivity index (χ3v) is 5.22. The fourth-order valence-corrected chi connectivity index (χ4v) is 3.31. The summed E-state index contributed by atoms with van der Waals surface area (Å²) in [4.78, 5) is 27.7. The van der Waals surface area contributed by atoms with E-state index in [0.717, 1.165) is 16.9 Å². The van der Waals surface area contributed by atoms with Gasteiger partial charge in [0.05, 0.1) is 13.2 Å². The molecule has 2 N–H and O–H groups in total. The zero-order chi connectivity index (χ0) is 22.3. The third kappa shape index (κ3) is 6.07. The van der Waals surface area contributed by atoms with E-state index in [-0.39, 0.29) is 23.8 Å². The minimum Gasteiger partial charge on any atom is -0.497 e. The predicted octanol–water partition coefficient (Wildman–Crippen LogP) is 3.18. The Balaban J connectivity index is 2.07. The van der Waals surface area contributed by atoms with Crippen molar-refractivity contribution in [3.63, 3.8) is 0 Å². The number of carbonyl (C=O) groups excluding carboxylic acids is 2. The molecule has 2 rings (SSSR count). The van der Waals surface area contributed by atoms with Crippen molar-refractivity contribution in [2.45, 2.75) is 32.9 Å². The Morgan fingerprint density at radius 1 is 1.03 bits per heavy atom. The minimum atomic E-state index is -0.615. The summed E-state index contributed by atoms with van der Waals surface area (Å²) < 4.78 is 5.22. The number of methoxy groups -OCH3 is 1. The lowest BCUT2D eigenvalue weighted by Crippen LogP contribution is -2.51. The predicted molar refractivity (Wildman–Crippen MR) is 120 cm³/mol. The van der Waals surface area contributed by atoms with Gasteiger partial charge in [-0.3, -0.25) is 9.59 Å². The molecule has 2 aromatic rings. The molecule has 0 heterocycles. The number of rotatable bonds is 9. The highest BCUT2D eigenvalue weighted by atomic mass is 16.5. The summed E-state index contributed by atoms with van der Waals surface area (Å²) in [5, 5.41) is 5.92. The molecule has 2 atom stereocenters. The molecule has 0 saturated carbocycles. The maximum atomic E-state index is 12.9. The topological polar surface area (TPSA) is 70.7 Å². The average molecular weight is 412 g/mol. The zero-order valence-electron chi connectivity index (χ0n) is 18.7. The summed E-state index contributed by atoms with van der Waals surface area (Å²) in [6.45, 7) is 6.17. The van der Waals surface area contributed by atoms with E-state index in [1.54, 1.807) is 13.2 Å². The number of aryl methyl sites for hydroxylation is 1. The molecular formula is C24H33N3O3. The summed E-state index contributed by atoms with van der Waals surface area (Å²) in [6.07, 6.45) is 0. The molecule has 0 aliphatic heterocycles. The van der Waals surface area contributed by atoms with Crippen LogP contribution in [0.5, 0.6) is 5.75 Å². The molecule has 0 saturated heterocycles. The number of nitrogens with one attached hydrogen (secondary N) is 2. The van der Waals surface area contributed by atoms with Gasteiger partial charge in [-0.15, -0.1) is 0 Å². The van der Waals surface area contributed by atoms with E-state index < -0.39 is 6.04 Å². The molecule has 6 nitrogen and oxygen atoms in total. The van der Waals surface area contributed by atoms with E-state index in [1.807, 2.05) is 77.3 Å². The second-order valence-electron chi connectivity index (χ2n) is 8.01. The van der Waals surface area contributed by atoms with Crippen LogP contribution in [0, 0.1) is 12.8 Å². The van der Waals surface area contributed by atoms with Crippen molar-refractivity contribution in [1.29, 1.82) is 0 Å². The van der Waals surface area contributed by atoms with Crippen LogP contribution in [0.4, 0.5) is 0 Å². The quantitative estimate of drug-likeness (QED) is 0.665. The Morgan fingerprint density at radius 3 is 2.20 bits per heavy atom. The lowest BCUT2D eigenvalue weighted by molar-refractivity contribution is -0.124. The molecule has 0 radical (unpaired) electrons. The van der Waals surface area contributed by atoms with Crippen LogP contribution in [-0.4, -0.2) is 50.5 Å². The standard InChI is InChI=1S/C24H33N3O3/c1-16(2)22(26-23(28)20-10-8-7-9-17(20)3)24(29)25-15-21(27(4)5)18-11-13-19(30-6)14-12-18/h7-14,16,21-22H,15H2,1-6H3,(H,25,29)(H,26,28). The molecule has 0 spiro atoms. The number of hydrogen-bond acceptors (Lipinski definition) is 4. The fraction of sp³-hybridized carbons (Fsp3) is 0.417. The molecule has 0 aromatic heterocycles. The van der Waals surface area contributed by atoms with E-state index in [2.05, 4.69) is 15.5 Å². The highest BCUT2D eigenvalue weighted by Gasteiger charge is 2.26. The molecule has 162 valence electrons. The Hall–Kier alpha value is -2.86. The highest BCUT2D eigenvalue weighted by molar-refractivity contribution is 5.98. The summed E-state index contributed by atoms with van der Waals surface area (Å²) in [7, 11) is 5.58. The first-order chi connectivity index (χ1) is 14.2. The van der Waals surface area contributed by atoms with Gasteiger partial charge in [-0.05, 0) is 56.3 Å². The maximum Gasteiger partial charge on any atom is 0.252 e. The third-order valence-electron chi connectivity index (χ3n) is 5.22. The molecule has 0 bridgehead atoms. The lowest BCUT2D eigenvalue weighted by Gasteiger charge is -2.27. The van der Waals surface area contributed by atoms with E-state index >= 15 is 0 Å². The smallest absolute Gasteiger partial charge is 0.252 e. The van der Waals surface area contributed by atoms with Gasteiger partial charge in [0.15, 0.2) is 0 Å². The van der Waals surface area contributed by atoms with E-state index in [9.17, 15) is 9.59 Å². The minimum absolute atomic E-state index is 0.000243. The summed E-state index contributed by atoms with van der Waals surface area (Å²) in [5.41, 5.74) is 2.54. The Bertz CT molecular complexity index is 847. The van der Waals surface area contributed by atoms with E-state index in [0.29, 0.717) is 12.1 Å². The molecule has 0 aliphatic carbocycles. The van der Waals surface area contributed by atoms with E-state index in [4.69, 9.17) is 4.74 Å². The van der Waals surface area contributed by atoms with Gasteiger partial charge in [0.25, 0.3) is 5.91 Å². The van der Waals surface area contributed by atoms with Crippen molar-refractivity contribution in [3.05, 3.63) is 65.2 Å². The first-order valence-electron chi connectivity index (χ1n) is 10.2. The second-order valence-corrected chi connectivity index (χ2v) is 8.01. The van der Waals surface area contributed by atoms with Crippen LogP contribution >= 0.6 is 0 Å². The van der Waals surface area contributed by atoms with Crippen molar-refractivity contribution < 1.29 is 14.3 Å². The van der Waals surface area contributed by atoms with Gasteiger partial charge < -0.3 is 20.3 Å². The van der Waals surface area contributed by atoms with Crippen LogP contribution in [0.3, 0.4) is 0 Å². The maximum absolute atomic E-state index is 12.9. The molecule has 2 aromatic carbocycles. The van der Waals surface area contributed by atoms with Gasteiger partial charge in [0.1, 0.15) is 11.8 Å². The Kier molecular flexibility index (Phi) is 8.42. The number of amides is 2. The van der Waals surface area contributed by atoms with Crippen molar-refractivity contribution in [1.82, 2.24) is 15.5 Å². The average Bonchev–Trinajstić information content (AvgIpc) is 2.72. The molecule has 0 aliphatic rings. The van der Waals surface area contributed by atoms with Crippen molar-refractivity contribution >= 4 is 11.8 Å². The number of ether oxygens (including phenoxy) is 1. The second kappa shape index (κ2) is 10.8. The van der Waals surface area contributed by atoms with Gasteiger partial charge in [-0.1, -0.05) is 44.2 Å². The van der Waals surface area contributed by atoms with Gasteiger partial charge >= 0.3 is 0 Å². The van der Waals surface area contributed by atoms with Crippen LogP contribution < -0.4 is 15.4 Å². The number of nitrogens with zero attached hydrogens (tertiary/aromatic N) is 1. The van der Waals surface area contributed by atoms with Crippen molar-refractivity contribution in [3.8, 4) is 5.75 Å². The normalized spacial score (nSPS) is 13.1. The fourth-order valence-electron chi connectivity index (χ4n) is 3.31. The van der Waals surface area contributed by atoms with Gasteiger partial charge in [0.2, 0.25) is 5.91 Å². The highest BCUT2D eigenvalue weighted by Crippen LogP contribution is 2.21. The van der Waals surface area contributed by atoms with Crippen molar-refractivity contribution in [2.75, 3.05) is 27.7 Å². The summed E-state index contributed by atoms with van der Waals surface area (Å²) in [5.74, 6) is 0.324. The SMILES string of the molecule is COc1ccc(C(CNC(=O)C(NC(=O)c2ccccc2C)C(C)C)N(C)C)cc1. The molecular weight excluding hydrogens is 378 g/mol. The molecule has 30 heavy (non-hydrogen) atoms. The Morgan fingerprint density at radius 2 is 1.67 bits per heavy atom.